The number of rotatable bonds is 2. The third kappa shape index (κ3) is 2.12. The Morgan fingerprint density at radius 1 is 1.28 bits per heavy atom. The highest BCUT2D eigenvalue weighted by Gasteiger charge is 2.08. The smallest absolute Gasteiger partial charge is 0.170 e. The molecule has 0 saturated carbocycles. The van der Waals surface area contributed by atoms with Crippen LogP contribution in [0.1, 0.15) is 0 Å². The Labute approximate surface area is 112 Å². The summed E-state index contributed by atoms with van der Waals surface area (Å²) in [5, 5.41) is 2.11. The van der Waals surface area contributed by atoms with E-state index in [0.717, 1.165) is 15.7 Å². The van der Waals surface area contributed by atoms with Gasteiger partial charge in [0.25, 0.3) is 0 Å². The maximum absolute atomic E-state index is 5.79. The zero-order valence-electron chi connectivity index (χ0n) is 9.12. The average Bonchev–Trinajstić information content (AvgIpc) is 2.80. The van der Waals surface area contributed by atoms with Gasteiger partial charge in [0.15, 0.2) is 5.65 Å². The molecule has 0 radical (unpaired) electrons. The molecule has 0 unspecified atom stereocenters. The Morgan fingerprint density at radius 3 is 2.94 bits per heavy atom. The largest absolute Gasteiger partial charge is 0.382 e. The molecule has 0 bridgehead atoms. The molecule has 0 saturated heterocycles. The van der Waals surface area contributed by atoms with Crippen LogP contribution in [0, 0.1) is 0 Å². The molecule has 0 aliphatic carbocycles. The van der Waals surface area contributed by atoms with E-state index >= 15 is 0 Å². The van der Waals surface area contributed by atoms with Crippen LogP contribution in [0.15, 0.2) is 47.0 Å². The first-order chi connectivity index (χ1) is 8.72. The van der Waals surface area contributed by atoms with E-state index in [4.69, 9.17) is 17.3 Å². The van der Waals surface area contributed by atoms with Gasteiger partial charge >= 0.3 is 0 Å². The molecule has 3 aromatic heterocycles. The van der Waals surface area contributed by atoms with Gasteiger partial charge in [-0.2, -0.15) is 0 Å². The number of nitrogen functional groups attached to an aromatic ring is 1. The van der Waals surface area contributed by atoms with Gasteiger partial charge in [-0.1, -0.05) is 11.6 Å². The number of fused-ring (bicyclic) bond motifs is 1. The van der Waals surface area contributed by atoms with E-state index in [1.807, 2.05) is 16.7 Å². The van der Waals surface area contributed by atoms with Crippen molar-refractivity contribution in [1.82, 2.24) is 19.4 Å². The van der Waals surface area contributed by atoms with Gasteiger partial charge in [-0.15, -0.1) is 0 Å². The standard InChI is InChI=1S/C11H8ClN5S/c12-7-1-2-9(15-5-7)18-11-10-14-3-4-17(10)6-8(13)16-11/h1-6H,13H2. The van der Waals surface area contributed by atoms with Gasteiger partial charge in [0.2, 0.25) is 0 Å². The number of pyridine rings is 1. The van der Waals surface area contributed by atoms with Gasteiger partial charge in [-0.25, -0.2) is 15.0 Å². The number of hydrogen-bond acceptors (Lipinski definition) is 5. The van der Waals surface area contributed by atoms with Gasteiger partial charge < -0.3 is 10.1 Å². The normalized spacial score (nSPS) is 10.9. The molecule has 0 amide bonds. The summed E-state index contributed by atoms with van der Waals surface area (Å²) in [7, 11) is 0. The second-order valence-corrected chi connectivity index (χ2v) is 4.99. The minimum atomic E-state index is 0.442. The molecule has 5 nitrogen and oxygen atoms in total. The average molecular weight is 278 g/mol. The number of nitrogens with two attached hydrogens (primary N) is 1. The first-order valence-electron chi connectivity index (χ1n) is 5.11. The lowest BCUT2D eigenvalue weighted by atomic mass is 10.5. The van der Waals surface area contributed by atoms with Gasteiger partial charge in [0.05, 0.1) is 11.2 Å². The molecule has 3 heterocycles. The third-order valence-corrected chi connectivity index (χ3v) is 3.40. The van der Waals surface area contributed by atoms with Crippen molar-refractivity contribution in [3.8, 4) is 0 Å². The van der Waals surface area contributed by atoms with Crippen LogP contribution in [-0.2, 0) is 0 Å². The Morgan fingerprint density at radius 2 is 2.17 bits per heavy atom. The topological polar surface area (TPSA) is 69.1 Å². The Hall–Kier alpha value is -1.79. The second-order valence-electron chi connectivity index (χ2n) is 3.55. The van der Waals surface area contributed by atoms with Crippen LogP contribution in [0.5, 0.6) is 0 Å². The van der Waals surface area contributed by atoms with Crippen LogP contribution < -0.4 is 5.73 Å². The third-order valence-electron chi connectivity index (χ3n) is 2.26. The first-order valence-corrected chi connectivity index (χ1v) is 6.30. The van der Waals surface area contributed by atoms with Crippen LogP contribution in [0.4, 0.5) is 5.82 Å². The van der Waals surface area contributed by atoms with Crippen molar-refractivity contribution in [2.45, 2.75) is 10.1 Å². The maximum Gasteiger partial charge on any atom is 0.170 e. The molecular formula is C11H8ClN5S. The second kappa shape index (κ2) is 4.47. The van der Waals surface area contributed by atoms with E-state index in [0.29, 0.717) is 10.8 Å². The lowest BCUT2D eigenvalue weighted by molar-refractivity contribution is 1.03. The molecule has 2 N–H and O–H groups in total. The zero-order chi connectivity index (χ0) is 12.5. The Balaban J connectivity index is 2.03. The van der Waals surface area contributed by atoms with E-state index in [-0.39, 0.29) is 0 Å². The maximum atomic E-state index is 5.79. The lowest BCUT2D eigenvalue weighted by Crippen LogP contribution is -1.97. The van der Waals surface area contributed by atoms with E-state index in [1.165, 1.54) is 11.8 Å². The van der Waals surface area contributed by atoms with Gasteiger partial charge in [-0.05, 0) is 23.9 Å². The fraction of sp³-hybridized carbons (Fsp3) is 0. The summed E-state index contributed by atoms with van der Waals surface area (Å²) in [4.78, 5) is 12.7. The number of hydrogen-bond donors (Lipinski definition) is 1. The van der Waals surface area contributed by atoms with E-state index in [1.54, 1.807) is 24.7 Å². The fourth-order valence-electron chi connectivity index (χ4n) is 1.51. The van der Waals surface area contributed by atoms with Gasteiger partial charge in [-0.3, -0.25) is 0 Å². The van der Waals surface area contributed by atoms with E-state index in [9.17, 15) is 0 Å². The highest BCUT2D eigenvalue weighted by Crippen LogP contribution is 2.28. The first kappa shape index (κ1) is 11.3. The predicted octanol–water partition coefficient (Wildman–Crippen LogP) is 2.51. The summed E-state index contributed by atoms with van der Waals surface area (Å²) in [6.45, 7) is 0. The van der Waals surface area contributed by atoms with Gasteiger partial charge in [0.1, 0.15) is 15.9 Å². The van der Waals surface area contributed by atoms with Crippen LogP contribution in [-0.4, -0.2) is 19.4 Å². The number of aromatic nitrogens is 4. The minimum Gasteiger partial charge on any atom is -0.382 e. The van der Waals surface area contributed by atoms with Crippen LogP contribution in [0.2, 0.25) is 5.02 Å². The molecule has 3 aromatic rings. The lowest BCUT2D eigenvalue weighted by Gasteiger charge is -2.03. The minimum absolute atomic E-state index is 0.442. The quantitative estimate of drug-likeness (QED) is 0.779. The van der Waals surface area contributed by atoms with Gasteiger partial charge in [0, 0.05) is 18.6 Å². The summed E-state index contributed by atoms with van der Waals surface area (Å²) in [6.07, 6.45) is 6.85. The molecule has 7 heteroatoms. The number of imidazole rings is 1. The summed E-state index contributed by atoms with van der Waals surface area (Å²) >= 11 is 7.19. The summed E-state index contributed by atoms with van der Waals surface area (Å²) < 4.78 is 1.83. The monoisotopic (exact) mass is 277 g/mol. The molecule has 0 aliphatic heterocycles. The van der Waals surface area contributed by atoms with Crippen molar-refractivity contribution in [2.75, 3.05) is 5.73 Å². The Kier molecular flexibility index (Phi) is 2.81. The number of nitrogens with zero attached hydrogens (tertiary/aromatic N) is 4. The van der Waals surface area contributed by atoms with Crippen molar-refractivity contribution in [2.24, 2.45) is 0 Å². The Bertz CT molecular complexity index is 694. The van der Waals surface area contributed by atoms with Crippen LogP contribution in [0.25, 0.3) is 5.65 Å². The molecule has 0 fully saturated rings. The van der Waals surface area contributed by atoms with Crippen molar-refractivity contribution in [3.63, 3.8) is 0 Å². The van der Waals surface area contributed by atoms with Crippen LogP contribution >= 0.6 is 23.4 Å². The van der Waals surface area contributed by atoms with Crippen molar-refractivity contribution in [3.05, 3.63) is 41.9 Å². The number of halogens is 1. The molecule has 18 heavy (non-hydrogen) atoms. The van der Waals surface area contributed by atoms with E-state index < -0.39 is 0 Å². The number of anilines is 1. The summed E-state index contributed by atoms with van der Waals surface area (Å²) in [5.41, 5.74) is 6.50. The van der Waals surface area contributed by atoms with Crippen molar-refractivity contribution < 1.29 is 0 Å². The van der Waals surface area contributed by atoms with Crippen molar-refractivity contribution in [1.29, 1.82) is 0 Å². The van der Waals surface area contributed by atoms with E-state index in [2.05, 4.69) is 15.0 Å². The molecule has 0 atom stereocenters. The highest BCUT2D eigenvalue weighted by molar-refractivity contribution is 7.99. The zero-order valence-corrected chi connectivity index (χ0v) is 10.7. The molecular weight excluding hydrogens is 270 g/mol. The molecule has 0 aliphatic rings. The molecule has 0 spiro atoms. The fourth-order valence-corrected chi connectivity index (χ4v) is 2.46. The SMILES string of the molecule is Nc1cn2ccnc2c(Sc2ccc(Cl)cn2)n1. The molecule has 3 rings (SSSR count). The summed E-state index contributed by atoms with van der Waals surface area (Å²) in [5.74, 6) is 0.442. The predicted molar refractivity (Wildman–Crippen MR) is 70.8 cm³/mol. The highest BCUT2D eigenvalue weighted by atomic mass is 35.5. The molecule has 90 valence electrons. The van der Waals surface area contributed by atoms with Crippen LogP contribution in [0.3, 0.4) is 0 Å². The molecule has 0 aromatic carbocycles. The van der Waals surface area contributed by atoms with Crippen molar-refractivity contribution >= 4 is 34.8 Å². The summed E-state index contributed by atoms with van der Waals surface area (Å²) in [6, 6.07) is 3.61.